The summed E-state index contributed by atoms with van der Waals surface area (Å²) in [6, 6.07) is 0. The Bertz CT molecular complexity index is 205. The summed E-state index contributed by atoms with van der Waals surface area (Å²) in [5.41, 5.74) is 1.50. The van der Waals surface area contributed by atoms with Crippen LogP contribution in [0.5, 0.6) is 0 Å². The molecule has 0 radical (unpaired) electrons. The van der Waals surface area contributed by atoms with Crippen LogP contribution in [0.3, 0.4) is 0 Å². The molecule has 1 fully saturated rings. The van der Waals surface area contributed by atoms with Crippen molar-refractivity contribution in [2.24, 2.45) is 17.8 Å². The molecule has 11 heavy (non-hydrogen) atoms. The molecule has 0 spiro atoms. The van der Waals surface area contributed by atoms with E-state index in [1.54, 1.807) is 0 Å². The van der Waals surface area contributed by atoms with Gasteiger partial charge in [0.25, 0.3) is 0 Å². The highest BCUT2D eigenvalue weighted by molar-refractivity contribution is 5.55. The molecule has 1 nitrogen and oxygen atoms in total. The quantitative estimate of drug-likeness (QED) is 0.413. The fraction of sp³-hybridized carbons (Fsp3) is 0.700. The highest BCUT2D eigenvalue weighted by Gasteiger charge is 2.35. The fourth-order valence-electron chi connectivity index (χ4n) is 2.62. The van der Waals surface area contributed by atoms with Gasteiger partial charge in [-0.25, -0.2) is 0 Å². The van der Waals surface area contributed by atoms with Gasteiger partial charge < -0.3 is 4.79 Å². The Labute approximate surface area is 67.5 Å². The van der Waals surface area contributed by atoms with Crippen LogP contribution in [0.2, 0.25) is 0 Å². The molecule has 60 valence electrons. The van der Waals surface area contributed by atoms with E-state index in [1.165, 1.54) is 18.4 Å². The highest BCUT2D eigenvalue weighted by atomic mass is 16.1. The molecular weight excluding hydrogens is 136 g/mol. The maximum atomic E-state index is 10.6. The fourth-order valence-corrected chi connectivity index (χ4v) is 2.62. The SMILES string of the molecule is CC1=C[C@H]2C[C@@H](C1)[C@@H](C=O)C2. The number of rotatable bonds is 1. The zero-order valence-corrected chi connectivity index (χ0v) is 6.92. The van der Waals surface area contributed by atoms with Crippen LogP contribution in [0.4, 0.5) is 0 Å². The third-order valence-electron chi connectivity index (χ3n) is 3.07. The van der Waals surface area contributed by atoms with Crippen molar-refractivity contribution in [3.05, 3.63) is 11.6 Å². The van der Waals surface area contributed by atoms with Crippen LogP contribution in [-0.4, -0.2) is 6.29 Å². The summed E-state index contributed by atoms with van der Waals surface area (Å²) < 4.78 is 0. The van der Waals surface area contributed by atoms with Crippen molar-refractivity contribution in [3.8, 4) is 0 Å². The second kappa shape index (κ2) is 2.47. The number of hydrogen-bond acceptors (Lipinski definition) is 1. The summed E-state index contributed by atoms with van der Waals surface area (Å²) >= 11 is 0. The predicted octanol–water partition coefficient (Wildman–Crippen LogP) is 2.18. The van der Waals surface area contributed by atoms with Crippen LogP contribution in [0, 0.1) is 17.8 Å². The van der Waals surface area contributed by atoms with Crippen LogP contribution < -0.4 is 0 Å². The molecular formula is C10H14O. The van der Waals surface area contributed by atoms with Crippen molar-refractivity contribution in [2.75, 3.05) is 0 Å². The molecule has 3 atom stereocenters. The van der Waals surface area contributed by atoms with Gasteiger partial charge in [0.05, 0.1) is 0 Å². The molecule has 2 aliphatic rings. The first-order valence-electron chi connectivity index (χ1n) is 4.42. The number of hydrogen-bond donors (Lipinski definition) is 0. The van der Waals surface area contributed by atoms with Gasteiger partial charge >= 0.3 is 0 Å². The van der Waals surface area contributed by atoms with Crippen molar-refractivity contribution >= 4 is 6.29 Å². The summed E-state index contributed by atoms with van der Waals surface area (Å²) in [7, 11) is 0. The van der Waals surface area contributed by atoms with Crippen molar-refractivity contribution in [2.45, 2.75) is 26.2 Å². The van der Waals surface area contributed by atoms with Gasteiger partial charge in [-0.15, -0.1) is 0 Å². The van der Waals surface area contributed by atoms with Gasteiger partial charge in [0, 0.05) is 5.92 Å². The van der Waals surface area contributed by atoms with E-state index in [0.717, 1.165) is 18.6 Å². The molecule has 0 unspecified atom stereocenters. The Morgan fingerprint density at radius 3 is 3.09 bits per heavy atom. The van der Waals surface area contributed by atoms with Gasteiger partial charge in [-0.05, 0) is 38.0 Å². The lowest BCUT2D eigenvalue weighted by atomic mass is 9.88. The third kappa shape index (κ3) is 1.13. The van der Waals surface area contributed by atoms with Gasteiger partial charge in [-0.1, -0.05) is 11.6 Å². The summed E-state index contributed by atoms with van der Waals surface area (Å²) in [6.07, 6.45) is 7.07. The molecule has 2 aliphatic carbocycles. The molecule has 1 saturated carbocycles. The van der Waals surface area contributed by atoms with Gasteiger partial charge in [0.2, 0.25) is 0 Å². The monoisotopic (exact) mass is 150 g/mol. The molecule has 2 rings (SSSR count). The Balaban J connectivity index is 2.17. The van der Waals surface area contributed by atoms with Crippen molar-refractivity contribution in [1.29, 1.82) is 0 Å². The van der Waals surface area contributed by atoms with E-state index in [4.69, 9.17) is 0 Å². The number of carbonyl (C=O) groups is 1. The number of fused-ring (bicyclic) bond motifs is 2. The molecule has 0 N–H and O–H groups in total. The topological polar surface area (TPSA) is 17.1 Å². The second-order valence-corrected chi connectivity index (χ2v) is 4.01. The average molecular weight is 150 g/mol. The normalized spacial score (nSPS) is 41.9. The minimum absolute atomic E-state index is 0.369. The lowest BCUT2D eigenvalue weighted by Crippen LogP contribution is -2.09. The summed E-state index contributed by atoms with van der Waals surface area (Å²) in [6.45, 7) is 2.19. The predicted molar refractivity (Wildman–Crippen MR) is 44.1 cm³/mol. The van der Waals surface area contributed by atoms with Crippen LogP contribution >= 0.6 is 0 Å². The standard InChI is InChI=1S/C10H14O/c1-7-2-8-4-9(3-7)10(5-8)6-11/h2,6,8-10H,3-5H2,1H3/t8-,9+,10+/m0/s1. The first kappa shape index (κ1) is 7.08. The smallest absolute Gasteiger partial charge is 0.123 e. The van der Waals surface area contributed by atoms with E-state index < -0.39 is 0 Å². The molecule has 0 aromatic carbocycles. The van der Waals surface area contributed by atoms with Crippen LogP contribution in [0.1, 0.15) is 26.2 Å². The minimum Gasteiger partial charge on any atom is -0.303 e. The molecule has 0 amide bonds. The van der Waals surface area contributed by atoms with Crippen LogP contribution in [-0.2, 0) is 4.79 Å². The molecule has 0 aromatic rings. The number of allylic oxidation sites excluding steroid dienone is 2. The van der Waals surface area contributed by atoms with Gasteiger partial charge in [-0.3, -0.25) is 0 Å². The first-order valence-corrected chi connectivity index (χ1v) is 4.42. The summed E-state index contributed by atoms with van der Waals surface area (Å²) in [5, 5.41) is 0. The van der Waals surface area contributed by atoms with Crippen molar-refractivity contribution < 1.29 is 4.79 Å². The van der Waals surface area contributed by atoms with Gasteiger partial charge in [0.1, 0.15) is 6.29 Å². The molecule has 0 heterocycles. The average Bonchev–Trinajstić information content (AvgIpc) is 2.25. The molecule has 2 bridgehead atoms. The Morgan fingerprint density at radius 2 is 2.36 bits per heavy atom. The summed E-state index contributed by atoms with van der Waals surface area (Å²) in [5.74, 6) is 1.78. The van der Waals surface area contributed by atoms with E-state index >= 15 is 0 Å². The minimum atomic E-state index is 0.369. The van der Waals surface area contributed by atoms with E-state index in [0.29, 0.717) is 11.8 Å². The first-order chi connectivity index (χ1) is 5.29. The molecule has 0 aromatic heterocycles. The second-order valence-electron chi connectivity index (χ2n) is 4.01. The molecule has 0 saturated heterocycles. The van der Waals surface area contributed by atoms with Crippen molar-refractivity contribution in [3.63, 3.8) is 0 Å². The largest absolute Gasteiger partial charge is 0.303 e. The Hall–Kier alpha value is -0.590. The highest BCUT2D eigenvalue weighted by Crippen LogP contribution is 2.43. The lowest BCUT2D eigenvalue weighted by Gasteiger charge is -2.17. The maximum absolute atomic E-state index is 10.6. The van der Waals surface area contributed by atoms with Gasteiger partial charge in [-0.2, -0.15) is 0 Å². The molecule has 0 aliphatic heterocycles. The zero-order valence-electron chi connectivity index (χ0n) is 6.92. The van der Waals surface area contributed by atoms with E-state index in [2.05, 4.69) is 13.0 Å². The lowest BCUT2D eigenvalue weighted by molar-refractivity contribution is -0.111. The van der Waals surface area contributed by atoms with Gasteiger partial charge in [0.15, 0.2) is 0 Å². The van der Waals surface area contributed by atoms with Crippen molar-refractivity contribution in [1.82, 2.24) is 0 Å². The van der Waals surface area contributed by atoms with Crippen LogP contribution in [0.25, 0.3) is 0 Å². The number of aldehydes is 1. The number of carbonyl (C=O) groups excluding carboxylic acids is 1. The van der Waals surface area contributed by atoms with E-state index in [9.17, 15) is 4.79 Å². The van der Waals surface area contributed by atoms with E-state index in [1.807, 2.05) is 0 Å². The third-order valence-corrected chi connectivity index (χ3v) is 3.07. The maximum Gasteiger partial charge on any atom is 0.123 e. The molecule has 1 heteroatoms. The summed E-state index contributed by atoms with van der Waals surface area (Å²) in [4.78, 5) is 10.6. The van der Waals surface area contributed by atoms with Crippen LogP contribution in [0.15, 0.2) is 11.6 Å². The zero-order chi connectivity index (χ0) is 7.84. The Morgan fingerprint density at radius 1 is 1.55 bits per heavy atom. The van der Waals surface area contributed by atoms with E-state index in [-0.39, 0.29) is 0 Å². The Kier molecular flexibility index (Phi) is 1.59.